The molecule has 14 heavy (non-hydrogen) atoms. The molecule has 0 saturated heterocycles. The standard InChI is InChI=1S/C11H15ClN2/c1-14-10(4-5-13)7-8-6-9(12)2-3-11(8)14/h2-3,6,10H,4-5,7,13H2,1H3. The minimum Gasteiger partial charge on any atom is -0.371 e. The van der Waals surface area contributed by atoms with Crippen molar-refractivity contribution >= 4 is 17.3 Å². The van der Waals surface area contributed by atoms with Crippen LogP contribution in [0.3, 0.4) is 0 Å². The summed E-state index contributed by atoms with van der Waals surface area (Å²) in [5.41, 5.74) is 8.23. The maximum Gasteiger partial charge on any atom is 0.0410 e. The largest absolute Gasteiger partial charge is 0.371 e. The summed E-state index contributed by atoms with van der Waals surface area (Å²) in [6.45, 7) is 0.747. The van der Waals surface area contributed by atoms with E-state index in [0.29, 0.717) is 6.04 Å². The molecule has 0 spiro atoms. The fourth-order valence-electron chi connectivity index (χ4n) is 2.14. The first-order chi connectivity index (χ1) is 6.72. The molecule has 2 N–H and O–H groups in total. The number of fused-ring (bicyclic) bond motifs is 1. The molecule has 1 aromatic rings. The van der Waals surface area contributed by atoms with E-state index < -0.39 is 0 Å². The molecule has 0 amide bonds. The number of halogens is 1. The zero-order valence-electron chi connectivity index (χ0n) is 8.33. The first-order valence-electron chi connectivity index (χ1n) is 4.93. The van der Waals surface area contributed by atoms with Gasteiger partial charge >= 0.3 is 0 Å². The summed E-state index contributed by atoms with van der Waals surface area (Å²) < 4.78 is 0. The zero-order valence-corrected chi connectivity index (χ0v) is 9.09. The molecule has 0 bridgehead atoms. The molecular weight excluding hydrogens is 196 g/mol. The molecule has 1 unspecified atom stereocenters. The SMILES string of the molecule is CN1c2ccc(Cl)cc2CC1CCN. The summed E-state index contributed by atoms with van der Waals surface area (Å²) in [6.07, 6.45) is 2.12. The summed E-state index contributed by atoms with van der Waals surface area (Å²) >= 11 is 5.95. The minimum absolute atomic E-state index is 0.550. The highest BCUT2D eigenvalue weighted by Crippen LogP contribution is 2.33. The lowest BCUT2D eigenvalue weighted by atomic mass is 10.1. The van der Waals surface area contributed by atoms with Crippen molar-refractivity contribution in [1.82, 2.24) is 0 Å². The Balaban J connectivity index is 2.26. The number of hydrogen-bond donors (Lipinski definition) is 1. The third-order valence-corrected chi connectivity index (χ3v) is 3.16. The smallest absolute Gasteiger partial charge is 0.0410 e. The van der Waals surface area contributed by atoms with Crippen molar-refractivity contribution < 1.29 is 0 Å². The van der Waals surface area contributed by atoms with E-state index in [4.69, 9.17) is 17.3 Å². The van der Waals surface area contributed by atoms with Gasteiger partial charge in [0, 0.05) is 23.8 Å². The second-order valence-corrected chi connectivity index (χ2v) is 4.26. The van der Waals surface area contributed by atoms with Crippen molar-refractivity contribution in [1.29, 1.82) is 0 Å². The molecule has 2 rings (SSSR count). The molecule has 76 valence electrons. The molecule has 0 aromatic heterocycles. The Labute approximate surface area is 89.7 Å². The van der Waals surface area contributed by atoms with Crippen LogP contribution >= 0.6 is 11.6 Å². The molecule has 1 aromatic carbocycles. The molecule has 0 saturated carbocycles. The Morgan fingerprint density at radius 2 is 2.36 bits per heavy atom. The van der Waals surface area contributed by atoms with Gasteiger partial charge in [0.15, 0.2) is 0 Å². The van der Waals surface area contributed by atoms with Gasteiger partial charge in [-0.25, -0.2) is 0 Å². The topological polar surface area (TPSA) is 29.3 Å². The van der Waals surface area contributed by atoms with E-state index in [9.17, 15) is 0 Å². The van der Waals surface area contributed by atoms with Crippen LogP contribution in [-0.2, 0) is 6.42 Å². The monoisotopic (exact) mass is 210 g/mol. The fraction of sp³-hybridized carbons (Fsp3) is 0.455. The van der Waals surface area contributed by atoms with Gasteiger partial charge < -0.3 is 10.6 Å². The lowest BCUT2D eigenvalue weighted by Gasteiger charge is -2.21. The molecule has 1 aliphatic rings. The first kappa shape index (κ1) is 9.81. The highest BCUT2D eigenvalue weighted by Gasteiger charge is 2.25. The van der Waals surface area contributed by atoms with Crippen molar-refractivity contribution in [2.24, 2.45) is 5.73 Å². The number of anilines is 1. The second kappa shape index (κ2) is 3.79. The molecular formula is C11H15ClN2. The average molecular weight is 211 g/mol. The maximum atomic E-state index is 5.95. The summed E-state index contributed by atoms with van der Waals surface area (Å²) in [4.78, 5) is 2.30. The van der Waals surface area contributed by atoms with E-state index in [1.165, 1.54) is 11.3 Å². The van der Waals surface area contributed by atoms with Crippen LogP contribution in [-0.4, -0.2) is 19.6 Å². The van der Waals surface area contributed by atoms with Gasteiger partial charge in [-0.2, -0.15) is 0 Å². The van der Waals surface area contributed by atoms with Gasteiger partial charge in [-0.1, -0.05) is 11.6 Å². The van der Waals surface area contributed by atoms with Crippen LogP contribution < -0.4 is 10.6 Å². The van der Waals surface area contributed by atoms with Crippen LogP contribution in [0.5, 0.6) is 0 Å². The Bertz CT molecular complexity index is 338. The Morgan fingerprint density at radius 3 is 3.07 bits per heavy atom. The lowest BCUT2D eigenvalue weighted by Crippen LogP contribution is -2.29. The normalized spacial score (nSPS) is 19.9. The van der Waals surface area contributed by atoms with Crippen LogP contribution in [0.1, 0.15) is 12.0 Å². The van der Waals surface area contributed by atoms with Gasteiger partial charge in [-0.3, -0.25) is 0 Å². The number of likely N-dealkylation sites (N-methyl/N-ethyl adjacent to an activating group) is 1. The summed E-state index contributed by atoms with van der Waals surface area (Å²) in [5.74, 6) is 0. The third kappa shape index (κ3) is 1.60. The molecule has 0 radical (unpaired) electrons. The van der Waals surface area contributed by atoms with E-state index in [0.717, 1.165) is 24.4 Å². The maximum absolute atomic E-state index is 5.95. The van der Waals surface area contributed by atoms with Gasteiger partial charge in [0.05, 0.1) is 0 Å². The van der Waals surface area contributed by atoms with E-state index in [2.05, 4.69) is 24.1 Å². The van der Waals surface area contributed by atoms with Crippen LogP contribution in [0, 0.1) is 0 Å². The Morgan fingerprint density at radius 1 is 1.57 bits per heavy atom. The molecule has 0 aliphatic carbocycles. The second-order valence-electron chi connectivity index (χ2n) is 3.82. The summed E-state index contributed by atoms with van der Waals surface area (Å²) in [6, 6.07) is 6.65. The third-order valence-electron chi connectivity index (χ3n) is 2.92. The summed E-state index contributed by atoms with van der Waals surface area (Å²) in [7, 11) is 2.13. The predicted octanol–water partition coefficient (Wildman–Crippen LogP) is 2.05. The Hall–Kier alpha value is -0.730. The predicted molar refractivity (Wildman–Crippen MR) is 61.0 cm³/mol. The van der Waals surface area contributed by atoms with Crippen LogP contribution in [0.25, 0.3) is 0 Å². The number of benzene rings is 1. The van der Waals surface area contributed by atoms with Gasteiger partial charge in [0.1, 0.15) is 0 Å². The Kier molecular flexibility index (Phi) is 2.66. The highest BCUT2D eigenvalue weighted by molar-refractivity contribution is 6.30. The lowest BCUT2D eigenvalue weighted by molar-refractivity contribution is 0.617. The molecule has 1 atom stereocenters. The average Bonchev–Trinajstić information content (AvgIpc) is 2.44. The summed E-state index contributed by atoms with van der Waals surface area (Å²) in [5, 5.41) is 0.825. The zero-order chi connectivity index (χ0) is 10.1. The van der Waals surface area contributed by atoms with Crippen molar-refractivity contribution in [3.63, 3.8) is 0 Å². The molecule has 0 fully saturated rings. The molecule has 1 aliphatic heterocycles. The molecule has 1 heterocycles. The van der Waals surface area contributed by atoms with Gasteiger partial charge in [-0.05, 0) is 43.1 Å². The van der Waals surface area contributed by atoms with Crippen LogP contribution in [0.2, 0.25) is 5.02 Å². The van der Waals surface area contributed by atoms with E-state index in [-0.39, 0.29) is 0 Å². The minimum atomic E-state index is 0.550. The van der Waals surface area contributed by atoms with Gasteiger partial charge in [0.25, 0.3) is 0 Å². The fourth-order valence-corrected chi connectivity index (χ4v) is 2.33. The van der Waals surface area contributed by atoms with E-state index >= 15 is 0 Å². The molecule has 2 nitrogen and oxygen atoms in total. The van der Waals surface area contributed by atoms with Gasteiger partial charge in [-0.15, -0.1) is 0 Å². The van der Waals surface area contributed by atoms with Crippen molar-refractivity contribution in [2.75, 3.05) is 18.5 Å². The molecule has 3 heteroatoms. The van der Waals surface area contributed by atoms with Crippen molar-refractivity contribution in [3.8, 4) is 0 Å². The first-order valence-corrected chi connectivity index (χ1v) is 5.31. The number of nitrogens with zero attached hydrogens (tertiary/aromatic N) is 1. The number of hydrogen-bond acceptors (Lipinski definition) is 2. The van der Waals surface area contributed by atoms with Crippen LogP contribution in [0.4, 0.5) is 5.69 Å². The quantitative estimate of drug-likeness (QED) is 0.810. The van der Waals surface area contributed by atoms with Crippen molar-refractivity contribution in [2.45, 2.75) is 18.9 Å². The highest BCUT2D eigenvalue weighted by atomic mass is 35.5. The number of rotatable bonds is 2. The van der Waals surface area contributed by atoms with Crippen LogP contribution in [0.15, 0.2) is 18.2 Å². The number of nitrogens with two attached hydrogens (primary N) is 1. The van der Waals surface area contributed by atoms with E-state index in [1.54, 1.807) is 0 Å². The van der Waals surface area contributed by atoms with Crippen molar-refractivity contribution in [3.05, 3.63) is 28.8 Å². The van der Waals surface area contributed by atoms with Gasteiger partial charge in [0.2, 0.25) is 0 Å². The van der Waals surface area contributed by atoms with E-state index in [1.807, 2.05) is 6.07 Å².